The van der Waals surface area contributed by atoms with E-state index in [0.29, 0.717) is 24.1 Å². The van der Waals surface area contributed by atoms with E-state index in [1.807, 2.05) is 0 Å². The van der Waals surface area contributed by atoms with E-state index >= 15 is 0 Å². The maximum atomic E-state index is 12.0. The highest BCUT2D eigenvalue weighted by Crippen LogP contribution is 2.37. The van der Waals surface area contributed by atoms with Crippen LogP contribution in [0, 0.1) is 11.8 Å². The number of hydrogen-bond acceptors (Lipinski definition) is 3. The molecule has 0 radical (unpaired) electrons. The third-order valence-electron chi connectivity index (χ3n) is 3.06. The summed E-state index contributed by atoms with van der Waals surface area (Å²) in [5.74, 6) is 1.07. The summed E-state index contributed by atoms with van der Waals surface area (Å²) in [6.45, 7) is 2.58. The van der Waals surface area contributed by atoms with Gasteiger partial charge in [-0.25, -0.2) is 13.1 Å². The maximum absolute atomic E-state index is 12.0. The Bertz CT molecular complexity index is 530. The molecule has 0 saturated heterocycles. The fraction of sp³-hybridized carbons (Fsp3) is 0.455. The highest BCUT2D eigenvalue weighted by Gasteiger charge is 2.33. The van der Waals surface area contributed by atoms with Gasteiger partial charge in [0.15, 0.2) is 0 Å². The molecule has 1 aromatic rings. The molecule has 6 heteroatoms. The Hall–Kier alpha value is -0.780. The van der Waals surface area contributed by atoms with E-state index in [2.05, 4.69) is 11.6 Å². The van der Waals surface area contributed by atoms with Crippen molar-refractivity contribution in [1.82, 2.24) is 4.72 Å². The van der Waals surface area contributed by atoms with Crippen molar-refractivity contribution >= 4 is 27.3 Å². The van der Waals surface area contributed by atoms with Crippen molar-refractivity contribution < 1.29 is 8.42 Å². The Morgan fingerprint density at radius 3 is 2.71 bits per heavy atom. The van der Waals surface area contributed by atoms with Gasteiger partial charge in [0.05, 0.1) is 5.02 Å². The average Bonchev–Trinajstić information content (AvgIpc) is 2.91. The lowest BCUT2D eigenvalue weighted by atomic mass is 10.3. The van der Waals surface area contributed by atoms with Gasteiger partial charge in [-0.3, -0.25) is 0 Å². The third-order valence-corrected chi connectivity index (χ3v) is 4.96. The second-order valence-corrected chi connectivity index (χ2v) is 6.66. The molecule has 0 amide bonds. The van der Waals surface area contributed by atoms with Crippen LogP contribution in [0.15, 0.2) is 23.1 Å². The Morgan fingerprint density at radius 2 is 2.18 bits per heavy atom. The molecular weight excluding hydrogens is 260 g/mol. The minimum Gasteiger partial charge on any atom is -0.399 e. The van der Waals surface area contributed by atoms with Crippen LogP contribution in [-0.2, 0) is 10.0 Å². The van der Waals surface area contributed by atoms with Crippen molar-refractivity contribution in [3.05, 3.63) is 23.2 Å². The Balaban J connectivity index is 2.13. The van der Waals surface area contributed by atoms with E-state index in [1.165, 1.54) is 18.2 Å². The number of rotatable bonds is 4. The molecule has 1 aliphatic rings. The average molecular weight is 275 g/mol. The van der Waals surface area contributed by atoms with Gasteiger partial charge in [-0.05, 0) is 36.5 Å². The van der Waals surface area contributed by atoms with Crippen molar-refractivity contribution in [2.75, 3.05) is 12.3 Å². The molecule has 1 aliphatic carbocycles. The fourth-order valence-electron chi connectivity index (χ4n) is 1.71. The van der Waals surface area contributed by atoms with Gasteiger partial charge in [-0.1, -0.05) is 18.5 Å². The Labute approximate surface area is 106 Å². The molecule has 3 N–H and O–H groups in total. The first-order chi connectivity index (χ1) is 7.90. The summed E-state index contributed by atoms with van der Waals surface area (Å²) in [5, 5.41) is 0.154. The number of nitrogens with two attached hydrogens (primary N) is 1. The van der Waals surface area contributed by atoms with E-state index in [4.69, 9.17) is 17.3 Å². The van der Waals surface area contributed by atoms with E-state index < -0.39 is 10.0 Å². The van der Waals surface area contributed by atoms with Crippen LogP contribution in [0.4, 0.5) is 5.69 Å². The lowest BCUT2D eigenvalue weighted by molar-refractivity contribution is 0.574. The van der Waals surface area contributed by atoms with Crippen LogP contribution in [0.25, 0.3) is 0 Å². The first-order valence-electron chi connectivity index (χ1n) is 5.45. The molecule has 17 heavy (non-hydrogen) atoms. The molecule has 1 aromatic carbocycles. The highest BCUT2D eigenvalue weighted by atomic mass is 35.5. The summed E-state index contributed by atoms with van der Waals surface area (Å²) in [7, 11) is -3.52. The Morgan fingerprint density at radius 1 is 1.53 bits per heavy atom. The molecule has 94 valence electrons. The summed E-state index contributed by atoms with van der Waals surface area (Å²) < 4.78 is 26.5. The lowest BCUT2D eigenvalue weighted by Gasteiger charge is -2.08. The number of hydrogen-bond donors (Lipinski definition) is 2. The van der Waals surface area contributed by atoms with Crippen LogP contribution in [0.3, 0.4) is 0 Å². The molecule has 0 spiro atoms. The maximum Gasteiger partial charge on any atom is 0.242 e. The number of benzene rings is 1. The van der Waals surface area contributed by atoms with Gasteiger partial charge in [0.25, 0.3) is 0 Å². The monoisotopic (exact) mass is 274 g/mol. The minimum atomic E-state index is -3.52. The molecule has 0 heterocycles. The molecule has 2 unspecified atom stereocenters. The topological polar surface area (TPSA) is 72.2 Å². The van der Waals surface area contributed by atoms with Gasteiger partial charge in [0.2, 0.25) is 10.0 Å². The van der Waals surface area contributed by atoms with E-state index in [-0.39, 0.29) is 9.92 Å². The normalized spacial score (nSPS) is 23.6. The standard InChI is InChI=1S/C11H15ClN2O2S/c1-7-4-8(7)6-14-17(15,16)11-3-2-9(13)5-10(11)12/h2-3,5,7-8,14H,4,6,13H2,1H3. The predicted molar refractivity (Wildman–Crippen MR) is 68.3 cm³/mol. The number of nitrogen functional groups attached to an aromatic ring is 1. The zero-order valence-corrected chi connectivity index (χ0v) is 11.1. The molecule has 4 nitrogen and oxygen atoms in total. The van der Waals surface area contributed by atoms with Crippen LogP contribution in [0.1, 0.15) is 13.3 Å². The first-order valence-corrected chi connectivity index (χ1v) is 7.31. The summed E-state index contributed by atoms with van der Waals surface area (Å²) in [6, 6.07) is 4.40. The van der Waals surface area contributed by atoms with Crippen LogP contribution in [0.2, 0.25) is 5.02 Å². The number of halogens is 1. The number of nitrogens with one attached hydrogen (secondary N) is 1. The zero-order valence-electron chi connectivity index (χ0n) is 9.48. The molecule has 1 saturated carbocycles. The van der Waals surface area contributed by atoms with Crippen LogP contribution < -0.4 is 10.5 Å². The first kappa shape index (κ1) is 12.7. The van der Waals surface area contributed by atoms with Crippen molar-refractivity contribution in [3.63, 3.8) is 0 Å². The molecule has 0 aliphatic heterocycles. The fourth-order valence-corrected chi connectivity index (χ4v) is 3.36. The lowest BCUT2D eigenvalue weighted by Crippen LogP contribution is -2.26. The van der Waals surface area contributed by atoms with Gasteiger partial charge in [0, 0.05) is 12.2 Å². The van der Waals surface area contributed by atoms with Crippen molar-refractivity contribution in [3.8, 4) is 0 Å². The second kappa shape index (κ2) is 4.48. The number of sulfonamides is 1. The van der Waals surface area contributed by atoms with E-state index in [1.54, 1.807) is 0 Å². The van der Waals surface area contributed by atoms with Gasteiger partial charge < -0.3 is 5.73 Å². The molecule has 1 fully saturated rings. The van der Waals surface area contributed by atoms with Crippen molar-refractivity contribution in [1.29, 1.82) is 0 Å². The Kier molecular flexibility index (Phi) is 3.34. The summed E-state index contributed by atoms with van der Waals surface area (Å²) >= 11 is 5.87. The quantitative estimate of drug-likeness (QED) is 0.823. The predicted octanol–water partition coefficient (Wildman–Crippen LogP) is 1.86. The summed E-state index contributed by atoms with van der Waals surface area (Å²) in [6.07, 6.45) is 1.08. The third kappa shape index (κ3) is 2.91. The van der Waals surface area contributed by atoms with Crippen LogP contribution >= 0.6 is 11.6 Å². The summed E-state index contributed by atoms with van der Waals surface area (Å²) in [4.78, 5) is 0.0849. The smallest absolute Gasteiger partial charge is 0.242 e. The molecule has 0 aromatic heterocycles. The highest BCUT2D eigenvalue weighted by molar-refractivity contribution is 7.89. The van der Waals surface area contributed by atoms with Crippen LogP contribution in [-0.4, -0.2) is 15.0 Å². The zero-order chi connectivity index (χ0) is 12.6. The van der Waals surface area contributed by atoms with Crippen molar-refractivity contribution in [2.24, 2.45) is 11.8 Å². The minimum absolute atomic E-state index is 0.0849. The molecular formula is C11H15ClN2O2S. The van der Waals surface area contributed by atoms with E-state index in [0.717, 1.165) is 6.42 Å². The van der Waals surface area contributed by atoms with Crippen LogP contribution in [0.5, 0.6) is 0 Å². The number of anilines is 1. The van der Waals surface area contributed by atoms with E-state index in [9.17, 15) is 8.42 Å². The van der Waals surface area contributed by atoms with Gasteiger partial charge in [0.1, 0.15) is 4.90 Å². The second-order valence-electron chi connectivity index (χ2n) is 4.51. The molecule has 0 bridgehead atoms. The summed E-state index contributed by atoms with van der Waals surface area (Å²) in [5.41, 5.74) is 5.97. The molecule has 2 atom stereocenters. The molecule has 2 rings (SSSR count). The van der Waals surface area contributed by atoms with Gasteiger partial charge in [-0.15, -0.1) is 0 Å². The van der Waals surface area contributed by atoms with Crippen molar-refractivity contribution in [2.45, 2.75) is 18.2 Å². The SMILES string of the molecule is CC1CC1CNS(=O)(=O)c1ccc(N)cc1Cl. The largest absolute Gasteiger partial charge is 0.399 e. The van der Waals surface area contributed by atoms with Gasteiger partial charge >= 0.3 is 0 Å². The van der Waals surface area contributed by atoms with Gasteiger partial charge in [-0.2, -0.15) is 0 Å².